The fraction of sp³-hybridized carbons (Fsp3) is 0.286. The number of carboxylic acid groups (broad SMARTS) is 1. The van der Waals surface area contributed by atoms with E-state index < -0.39 is 11.6 Å². The van der Waals surface area contributed by atoms with Gasteiger partial charge in [-0.1, -0.05) is 6.07 Å². The third-order valence-electron chi connectivity index (χ3n) is 2.69. The summed E-state index contributed by atoms with van der Waals surface area (Å²) < 4.78 is 5.71. The Hall–Kier alpha value is -2.10. The second kappa shape index (κ2) is 4.29. The minimum Gasteiger partial charge on any atom is -0.487 e. The molecule has 2 rings (SSSR count). The number of aliphatic carboxylic acids is 1. The summed E-state index contributed by atoms with van der Waals surface area (Å²) in [7, 11) is 0. The lowest BCUT2D eigenvalue weighted by Gasteiger charge is -2.31. The molecule has 0 radical (unpaired) electrons. The normalized spacial score (nSPS) is 17.3. The standard InChI is InChI=1S/C14H14O4/c1-14(2)8-11(15)10-7-9(4-6-13(16)17)3-5-12(10)18-14/h3-7H,8H2,1-2H3,(H,16,17)/b6-4+. The number of ether oxygens (including phenoxy) is 1. The van der Waals surface area contributed by atoms with Gasteiger partial charge in [0.1, 0.15) is 11.4 Å². The smallest absolute Gasteiger partial charge is 0.328 e. The number of rotatable bonds is 2. The van der Waals surface area contributed by atoms with Crippen LogP contribution in [0.25, 0.3) is 6.08 Å². The molecule has 0 bridgehead atoms. The van der Waals surface area contributed by atoms with Gasteiger partial charge in [0.05, 0.1) is 12.0 Å². The van der Waals surface area contributed by atoms with Crippen molar-refractivity contribution in [2.45, 2.75) is 25.9 Å². The summed E-state index contributed by atoms with van der Waals surface area (Å²) in [4.78, 5) is 22.4. The molecule has 0 saturated carbocycles. The highest BCUT2D eigenvalue weighted by Gasteiger charge is 2.32. The SMILES string of the molecule is CC1(C)CC(=O)c2cc(/C=C/C(=O)O)ccc2O1. The second-order valence-electron chi connectivity index (χ2n) is 4.89. The number of fused-ring (bicyclic) bond motifs is 1. The Kier molecular flexibility index (Phi) is 2.95. The monoisotopic (exact) mass is 246 g/mol. The van der Waals surface area contributed by atoms with Gasteiger partial charge >= 0.3 is 5.97 Å². The highest BCUT2D eigenvalue weighted by molar-refractivity contribution is 6.01. The number of Topliss-reactive ketones (excluding diaryl/α,β-unsaturated/α-hetero) is 1. The van der Waals surface area contributed by atoms with E-state index >= 15 is 0 Å². The Morgan fingerprint density at radius 1 is 1.44 bits per heavy atom. The first-order chi connectivity index (χ1) is 8.37. The summed E-state index contributed by atoms with van der Waals surface area (Å²) in [5, 5.41) is 8.56. The summed E-state index contributed by atoms with van der Waals surface area (Å²) in [6.07, 6.45) is 2.82. The summed E-state index contributed by atoms with van der Waals surface area (Å²) in [5.41, 5.74) is 0.706. The summed E-state index contributed by atoms with van der Waals surface area (Å²) in [6, 6.07) is 5.09. The molecule has 0 fully saturated rings. The molecule has 0 aliphatic carbocycles. The maximum atomic E-state index is 12.0. The van der Waals surface area contributed by atoms with Gasteiger partial charge in [0.15, 0.2) is 5.78 Å². The Bertz CT molecular complexity index is 541. The fourth-order valence-corrected chi connectivity index (χ4v) is 1.94. The minimum atomic E-state index is -1.02. The van der Waals surface area contributed by atoms with Crippen molar-refractivity contribution >= 4 is 17.8 Å². The molecule has 94 valence electrons. The van der Waals surface area contributed by atoms with Gasteiger partial charge in [0, 0.05) is 6.08 Å². The summed E-state index contributed by atoms with van der Waals surface area (Å²) in [5.74, 6) is -0.438. The van der Waals surface area contributed by atoms with Crippen LogP contribution in [-0.4, -0.2) is 22.5 Å². The molecule has 1 heterocycles. The molecule has 1 aromatic carbocycles. The molecule has 0 aromatic heterocycles. The van der Waals surface area contributed by atoms with E-state index in [9.17, 15) is 9.59 Å². The highest BCUT2D eigenvalue weighted by Crippen LogP contribution is 2.33. The van der Waals surface area contributed by atoms with E-state index in [4.69, 9.17) is 9.84 Å². The largest absolute Gasteiger partial charge is 0.487 e. The molecule has 1 aliphatic heterocycles. The predicted octanol–water partition coefficient (Wildman–Crippen LogP) is 2.53. The van der Waals surface area contributed by atoms with E-state index in [1.807, 2.05) is 13.8 Å². The molecule has 0 amide bonds. The van der Waals surface area contributed by atoms with Crippen LogP contribution in [0, 0.1) is 0 Å². The number of hydrogen-bond donors (Lipinski definition) is 1. The molecule has 1 aromatic rings. The van der Waals surface area contributed by atoms with Gasteiger partial charge in [-0.05, 0) is 37.6 Å². The van der Waals surface area contributed by atoms with Crippen LogP contribution < -0.4 is 4.74 Å². The van der Waals surface area contributed by atoms with Crippen LogP contribution in [0.15, 0.2) is 24.3 Å². The summed E-state index contributed by atoms with van der Waals surface area (Å²) in [6.45, 7) is 3.73. The second-order valence-corrected chi connectivity index (χ2v) is 4.89. The Morgan fingerprint density at radius 3 is 2.83 bits per heavy atom. The molecule has 1 aliphatic rings. The number of carbonyl (C=O) groups is 2. The lowest BCUT2D eigenvalue weighted by molar-refractivity contribution is -0.131. The van der Waals surface area contributed by atoms with Crippen molar-refractivity contribution in [2.75, 3.05) is 0 Å². The van der Waals surface area contributed by atoms with Gasteiger partial charge in [-0.25, -0.2) is 4.79 Å². The molecule has 0 saturated heterocycles. The molecule has 18 heavy (non-hydrogen) atoms. The first kappa shape index (κ1) is 12.4. The van der Waals surface area contributed by atoms with E-state index in [0.717, 1.165) is 6.08 Å². The third-order valence-corrected chi connectivity index (χ3v) is 2.69. The molecule has 0 unspecified atom stereocenters. The van der Waals surface area contributed by atoms with E-state index in [0.29, 0.717) is 23.3 Å². The third kappa shape index (κ3) is 2.59. The zero-order valence-electron chi connectivity index (χ0n) is 10.3. The molecule has 0 spiro atoms. The van der Waals surface area contributed by atoms with Gasteiger partial charge in [-0.15, -0.1) is 0 Å². The van der Waals surface area contributed by atoms with Crippen molar-refractivity contribution in [1.29, 1.82) is 0 Å². The van der Waals surface area contributed by atoms with Gasteiger partial charge in [-0.3, -0.25) is 4.79 Å². The van der Waals surface area contributed by atoms with Crippen LogP contribution in [0.5, 0.6) is 5.75 Å². The summed E-state index contributed by atoms with van der Waals surface area (Å²) >= 11 is 0. The number of ketones is 1. The molecular formula is C14H14O4. The highest BCUT2D eigenvalue weighted by atomic mass is 16.5. The topological polar surface area (TPSA) is 63.6 Å². The van der Waals surface area contributed by atoms with Gasteiger partial charge < -0.3 is 9.84 Å². The Labute approximate surface area is 105 Å². The first-order valence-electron chi connectivity index (χ1n) is 5.65. The van der Waals surface area contributed by atoms with Gasteiger partial charge in [0.25, 0.3) is 0 Å². The average Bonchev–Trinajstić information content (AvgIpc) is 2.25. The first-order valence-corrected chi connectivity index (χ1v) is 5.65. The van der Waals surface area contributed by atoms with Crippen LogP contribution in [-0.2, 0) is 4.79 Å². The van der Waals surface area contributed by atoms with Crippen molar-refractivity contribution in [3.8, 4) is 5.75 Å². The lowest BCUT2D eigenvalue weighted by Crippen LogP contribution is -2.35. The lowest BCUT2D eigenvalue weighted by atomic mass is 9.92. The maximum Gasteiger partial charge on any atom is 0.328 e. The van der Waals surface area contributed by atoms with E-state index in [2.05, 4.69) is 0 Å². The van der Waals surface area contributed by atoms with Crippen LogP contribution >= 0.6 is 0 Å². The van der Waals surface area contributed by atoms with Crippen molar-refractivity contribution in [1.82, 2.24) is 0 Å². The Morgan fingerprint density at radius 2 is 2.17 bits per heavy atom. The zero-order valence-corrected chi connectivity index (χ0v) is 10.3. The molecule has 0 atom stereocenters. The number of hydrogen-bond acceptors (Lipinski definition) is 3. The van der Waals surface area contributed by atoms with Crippen LogP contribution in [0.2, 0.25) is 0 Å². The van der Waals surface area contributed by atoms with E-state index in [1.54, 1.807) is 18.2 Å². The average molecular weight is 246 g/mol. The molecule has 4 nitrogen and oxygen atoms in total. The van der Waals surface area contributed by atoms with Crippen LogP contribution in [0.4, 0.5) is 0 Å². The number of benzene rings is 1. The fourth-order valence-electron chi connectivity index (χ4n) is 1.94. The molecule has 1 N–H and O–H groups in total. The molecular weight excluding hydrogens is 232 g/mol. The van der Waals surface area contributed by atoms with Crippen molar-refractivity contribution in [3.05, 3.63) is 35.4 Å². The van der Waals surface area contributed by atoms with Crippen LogP contribution in [0.3, 0.4) is 0 Å². The number of carbonyl (C=O) groups excluding carboxylic acids is 1. The quantitative estimate of drug-likeness (QED) is 0.814. The van der Waals surface area contributed by atoms with Crippen molar-refractivity contribution < 1.29 is 19.4 Å². The van der Waals surface area contributed by atoms with Crippen molar-refractivity contribution in [2.24, 2.45) is 0 Å². The minimum absolute atomic E-state index is 0.0202. The van der Waals surface area contributed by atoms with Gasteiger partial charge in [-0.2, -0.15) is 0 Å². The predicted molar refractivity (Wildman–Crippen MR) is 66.8 cm³/mol. The van der Waals surface area contributed by atoms with Crippen LogP contribution in [0.1, 0.15) is 36.2 Å². The zero-order chi connectivity index (χ0) is 13.3. The molecule has 4 heteroatoms. The van der Waals surface area contributed by atoms with E-state index in [1.165, 1.54) is 6.08 Å². The van der Waals surface area contributed by atoms with Crippen molar-refractivity contribution in [3.63, 3.8) is 0 Å². The van der Waals surface area contributed by atoms with Gasteiger partial charge in [0.2, 0.25) is 0 Å². The Balaban J connectivity index is 2.36. The maximum absolute atomic E-state index is 12.0. The van der Waals surface area contributed by atoms with E-state index in [-0.39, 0.29) is 5.78 Å². The number of carboxylic acids is 1.